The summed E-state index contributed by atoms with van der Waals surface area (Å²) in [5, 5.41) is 11.4. The van der Waals surface area contributed by atoms with Crippen LogP contribution in [-0.4, -0.2) is 17.7 Å². The number of carbonyl (C=O) groups excluding carboxylic acids is 1. The monoisotopic (exact) mass is 463 g/mol. The predicted molar refractivity (Wildman–Crippen MR) is 125 cm³/mol. The highest BCUT2D eigenvalue weighted by molar-refractivity contribution is 6.40. The third-order valence-electron chi connectivity index (χ3n) is 5.93. The Bertz CT molecular complexity index is 953. The molecule has 2 aromatic rings. The van der Waals surface area contributed by atoms with Gasteiger partial charge in [0.2, 0.25) is 0 Å². The minimum atomic E-state index is -0.145. The number of amides is 1. The molecule has 1 heterocycles. The van der Waals surface area contributed by atoms with Crippen molar-refractivity contribution in [1.29, 1.82) is 0 Å². The SMILES string of the molecule is CC1CCC(NC(=O)C2=NN(c3ccc(Cl)cc3Cl)C(c3ccc(Cl)cc3)C2)CC1. The van der Waals surface area contributed by atoms with E-state index in [9.17, 15) is 4.79 Å². The van der Waals surface area contributed by atoms with Crippen LogP contribution in [0.5, 0.6) is 0 Å². The van der Waals surface area contributed by atoms with E-state index in [1.807, 2.05) is 35.3 Å². The van der Waals surface area contributed by atoms with Gasteiger partial charge in [0, 0.05) is 22.5 Å². The lowest BCUT2D eigenvalue weighted by atomic mass is 9.87. The van der Waals surface area contributed by atoms with E-state index in [-0.39, 0.29) is 18.0 Å². The Labute approximate surface area is 192 Å². The molecule has 0 saturated heterocycles. The number of rotatable bonds is 4. The second-order valence-corrected chi connectivity index (χ2v) is 9.47. The van der Waals surface area contributed by atoms with Crippen LogP contribution >= 0.6 is 34.8 Å². The molecule has 4 rings (SSSR count). The van der Waals surface area contributed by atoms with E-state index in [1.54, 1.807) is 12.1 Å². The van der Waals surface area contributed by atoms with Crippen LogP contribution in [-0.2, 0) is 4.79 Å². The van der Waals surface area contributed by atoms with E-state index in [0.717, 1.165) is 42.9 Å². The van der Waals surface area contributed by atoms with Gasteiger partial charge >= 0.3 is 0 Å². The van der Waals surface area contributed by atoms with Crippen molar-refractivity contribution in [1.82, 2.24) is 5.32 Å². The standard InChI is InChI=1S/C23H24Cl3N3O/c1-14-2-9-18(10-3-14)27-23(30)20-13-22(15-4-6-16(24)7-5-15)29(28-20)21-11-8-17(25)12-19(21)26/h4-8,11-12,14,18,22H,2-3,9-10,13H2,1H3,(H,27,30). The fraction of sp³-hybridized carbons (Fsp3) is 0.391. The summed E-state index contributed by atoms with van der Waals surface area (Å²) in [6.45, 7) is 2.27. The van der Waals surface area contributed by atoms with Crippen molar-refractivity contribution in [3.05, 3.63) is 63.1 Å². The van der Waals surface area contributed by atoms with Crippen LogP contribution in [0.4, 0.5) is 5.69 Å². The Kier molecular flexibility index (Phi) is 6.57. The number of hydrogen-bond donors (Lipinski definition) is 1. The maximum atomic E-state index is 13.0. The second kappa shape index (κ2) is 9.17. The van der Waals surface area contributed by atoms with Crippen LogP contribution < -0.4 is 10.3 Å². The van der Waals surface area contributed by atoms with Crippen LogP contribution in [0.25, 0.3) is 0 Å². The number of carbonyl (C=O) groups is 1. The zero-order chi connectivity index (χ0) is 21.3. The molecule has 1 fully saturated rings. The third-order valence-corrected chi connectivity index (χ3v) is 6.72. The molecule has 1 aliphatic carbocycles. The summed E-state index contributed by atoms with van der Waals surface area (Å²) in [4.78, 5) is 13.0. The average molecular weight is 465 g/mol. The highest BCUT2D eigenvalue weighted by atomic mass is 35.5. The van der Waals surface area contributed by atoms with Gasteiger partial charge in [-0.2, -0.15) is 5.10 Å². The number of halogens is 3. The fourth-order valence-corrected chi connectivity index (χ4v) is 4.78. The van der Waals surface area contributed by atoms with E-state index >= 15 is 0 Å². The lowest BCUT2D eigenvalue weighted by Gasteiger charge is -2.26. The van der Waals surface area contributed by atoms with Gasteiger partial charge in [0.1, 0.15) is 5.71 Å². The lowest BCUT2D eigenvalue weighted by molar-refractivity contribution is -0.115. The van der Waals surface area contributed by atoms with Crippen molar-refractivity contribution in [3.8, 4) is 0 Å². The molecule has 2 aliphatic rings. The first-order chi connectivity index (χ1) is 14.4. The molecular weight excluding hydrogens is 441 g/mol. The van der Waals surface area contributed by atoms with Gasteiger partial charge in [0.15, 0.2) is 0 Å². The highest BCUT2D eigenvalue weighted by Crippen LogP contribution is 2.40. The van der Waals surface area contributed by atoms with E-state index < -0.39 is 0 Å². The van der Waals surface area contributed by atoms with Crippen molar-refractivity contribution in [2.75, 3.05) is 5.01 Å². The van der Waals surface area contributed by atoms with Gasteiger partial charge in [-0.25, -0.2) is 0 Å². The number of nitrogens with one attached hydrogen (secondary N) is 1. The van der Waals surface area contributed by atoms with Crippen molar-refractivity contribution in [2.45, 2.75) is 51.1 Å². The van der Waals surface area contributed by atoms with Gasteiger partial charge < -0.3 is 5.32 Å². The number of hydrazone groups is 1. The fourth-order valence-electron chi connectivity index (χ4n) is 4.15. The first-order valence-corrected chi connectivity index (χ1v) is 11.4. The molecule has 1 N–H and O–H groups in total. The van der Waals surface area contributed by atoms with Gasteiger partial charge in [-0.1, -0.05) is 53.9 Å². The molecule has 1 aliphatic heterocycles. The van der Waals surface area contributed by atoms with Crippen molar-refractivity contribution in [2.24, 2.45) is 11.0 Å². The smallest absolute Gasteiger partial charge is 0.267 e. The molecule has 2 aromatic carbocycles. The van der Waals surface area contributed by atoms with E-state index in [4.69, 9.17) is 34.8 Å². The Balaban J connectivity index is 1.60. The largest absolute Gasteiger partial charge is 0.348 e. The Morgan fingerprint density at radius 2 is 1.67 bits per heavy atom. The van der Waals surface area contributed by atoms with Crippen molar-refractivity contribution in [3.63, 3.8) is 0 Å². The maximum Gasteiger partial charge on any atom is 0.267 e. The zero-order valence-corrected chi connectivity index (χ0v) is 19.0. The summed E-state index contributed by atoms with van der Waals surface area (Å²) in [7, 11) is 0. The summed E-state index contributed by atoms with van der Waals surface area (Å²) >= 11 is 18.6. The molecule has 30 heavy (non-hydrogen) atoms. The molecular formula is C23H24Cl3N3O. The van der Waals surface area contributed by atoms with Gasteiger partial charge in [-0.05, 0) is 67.5 Å². The maximum absolute atomic E-state index is 13.0. The molecule has 1 saturated carbocycles. The summed E-state index contributed by atoms with van der Waals surface area (Å²) in [6, 6.07) is 13.0. The highest BCUT2D eigenvalue weighted by Gasteiger charge is 2.34. The molecule has 158 valence electrons. The van der Waals surface area contributed by atoms with E-state index in [1.165, 1.54) is 0 Å². The Morgan fingerprint density at radius 3 is 2.33 bits per heavy atom. The van der Waals surface area contributed by atoms with Gasteiger partial charge in [-0.3, -0.25) is 9.80 Å². The first-order valence-electron chi connectivity index (χ1n) is 10.3. The van der Waals surface area contributed by atoms with E-state index in [2.05, 4.69) is 17.3 Å². The van der Waals surface area contributed by atoms with Gasteiger partial charge in [0.05, 0.1) is 16.8 Å². The normalized spacial score (nSPS) is 23.9. The predicted octanol–water partition coefficient (Wildman–Crippen LogP) is 6.65. The number of benzene rings is 2. The third kappa shape index (κ3) is 4.77. The second-order valence-electron chi connectivity index (χ2n) is 8.19. The van der Waals surface area contributed by atoms with Crippen LogP contribution in [0.15, 0.2) is 47.6 Å². The quantitative estimate of drug-likeness (QED) is 0.550. The van der Waals surface area contributed by atoms with Crippen molar-refractivity contribution < 1.29 is 4.79 Å². The first kappa shape index (κ1) is 21.5. The molecule has 1 atom stereocenters. The van der Waals surface area contributed by atoms with Gasteiger partial charge in [-0.15, -0.1) is 0 Å². The molecule has 0 radical (unpaired) electrons. The van der Waals surface area contributed by atoms with Crippen molar-refractivity contribution >= 4 is 52.1 Å². The van der Waals surface area contributed by atoms with E-state index in [0.29, 0.717) is 27.2 Å². The molecule has 1 amide bonds. The molecule has 1 unspecified atom stereocenters. The van der Waals surface area contributed by atoms with Crippen LogP contribution in [0.2, 0.25) is 15.1 Å². The number of nitrogens with zero attached hydrogens (tertiary/aromatic N) is 2. The summed E-state index contributed by atoms with van der Waals surface area (Å²) in [5.41, 5.74) is 2.25. The lowest BCUT2D eigenvalue weighted by Crippen LogP contribution is -2.40. The molecule has 0 spiro atoms. The zero-order valence-electron chi connectivity index (χ0n) is 16.7. The summed E-state index contributed by atoms with van der Waals surface area (Å²) in [5.74, 6) is 0.639. The molecule has 0 bridgehead atoms. The van der Waals surface area contributed by atoms with Crippen LogP contribution in [0.1, 0.15) is 50.6 Å². The minimum absolute atomic E-state index is 0.0962. The van der Waals surface area contributed by atoms with Crippen LogP contribution in [0.3, 0.4) is 0 Å². The summed E-state index contributed by atoms with van der Waals surface area (Å²) < 4.78 is 0. The Morgan fingerprint density at radius 1 is 1.00 bits per heavy atom. The minimum Gasteiger partial charge on any atom is -0.348 e. The molecule has 0 aromatic heterocycles. The topological polar surface area (TPSA) is 44.7 Å². The number of hydrogen-bond acceptors (Lipinski definition) is 3. The average Bonchev–Trinajstić information content (AvgIpc) is 3.15. The summed E-state index contributed by atoms with van der Waals surface area (Å²) in [6.07, 6.45) is 4.84. The van der Waals surface area contributed by atoms with Gasteiger partial charge in [0.25, 0.3) is 5.91 Å². The Hall–Kier alpha value is -1.75. The van der Waals surface area contributed by atoms with Crippen LogP contribution in [0, 0.1) is 5.92 Å². The molecule has 4 nitrogen and oxygen atoms in total. The molecule has 7 heteroatoms. The number of anilines is 1.